The predicted molar refractivity (Wildman–Crippen MR) is 85.3 cm³/mol. The smallest absolute Gasteiger partial charge is 0.0298 e. The molecule has 19 heavy (non-hydrogen) atoms. The summed E-state index contributed by atoms with van der Waals surface area (Å²) in [4.78, 5) is 0. The van der Waals surface area contributed by atoms with Gasteiger partial charge in [-0.25, -0.2) is 0 Å². The van der Waals surface area contributed by atoms with E-state index in [4.69, 9.17) is 0 Å². The Kier molecular flexibility index (Phi) is 5.37. The van der Waals surface area contributed by atoms with Crippen molar-refractivity contribution < 1.29 is 0 Å². The van der Waals surface area contributed by atoms with Crippen LogP contribution in [0, 0.1) is 29.1 Å². The Morgan fingerprint density at radius 1 is 0.789 bits per heavy atom. The molecular weight excluding hydrogens is 228 g/mol. The van der Waals surface area contributed by atoms with E-state index in [9.17, 15) is 0 Å². The first kappa shape index (κ1) is 15.4. The molecule has 0 nitrogen and oxygen atoms in total. The highest BCUT2D eigenvalue weighted by molar-refractivity contribution is 4.89. The van der Waals surface area contributed by atoms with Gasteiger partial charge in [-0.15, -0.1) is 0 Å². The fraction of sp³-hybridized carbons (Fsp3) is 1.00. The molecule has 0 aliphatic heterocycles. The molecule has 0 spiro atoms. The molecule has 0 heteroatoms. The van der Waals surface area contributed by atoms with Gasteiger partial charge in [-0.1, -0.05) is 59.8 Å². The lowest BCUT2D eigenvalue weighted by atomic mass is 9.60. The van der Waals surface area contributed by atoms with Gasteiger partial charge >= 0.3 is 0 Å². The van der Waals surface area contributed by atoms with Crippen molar-refractivity contribution in [2.45, 2.75) is 91.9 Å². The van der Waals surface area contributed by atoms with Crippen LogP contribution in [0.1, 0.15) is 91.9 Å². The molecule has 0 unspecified atom stereocenters. The third-order valence-corrected chi connectivity index (χ3v) is 6.36. The molecule has 0 amide bonds. The molecule has 0 aromatic heterocycles. The summed E-state index contributed by atoms with van der Waals surface area (Å²) in [5.74, 6) is 3.97. The van der Waals surface area contributed by atoms with E-state index in [1.165, 1.54) is 64.2 Å². The third-order valence-electron chi connectivity index (χ3n) is 6.36. The molecule has 2 aliphatic carbocycles. The van der Waals surface area contributed by atoms with Gasteiger partial charge < -0.3 is 0 Å². The Balaban J connectivity index is 1.85. The summed E-state index contributed by atoms with van der Waals surface area (Å²) in [6.45, 7) is 9.96. The van der Waals surface area contributed by atoms with Crippen LogP contribution in [-0.2, 0) is 0 Å². The second-order valence-electron chi connectivity index (χ2n) is 8.50. The van der Waals surface area contributed by atoms with Gasteiger partial charge in [-0.3, -0.25) is 0 Å². The first-order valence-electron chi connectivity index (χ1n) is 9.00. The van der Waals surface area contributed by atoms with Crippen molar-refractivity contribution in [2.24, 2.45) is 29.1 Å². The second-order valence-corrected chi connectivity index (χ2v) is 8.50. The third kappa shape index (κ3) is 3.99. The summed E-state index contributed by atoms with van der Waals surface area (Å²) in [5.41, 5.74) is 0.614. The van der Waals surface area contributed by atoms with Crippen molar-refractivity contribution in [3.05, 3.63) is 0 Å². The van der Waals surface area contributed by atoms with Gasteiger partial charge in [0, 0.05) is 0 Å². The summed E-state index contributed by atoms with van der Waals surface area (Å²) in [7, 11) is 0. The predicted octanol–water partition coefficient (Wildman–Crippen LogP) is 6.45. The quantitative estimate of drug-likeness (QED) is 0.547. The van der Waals surface area contributed by atoms with Gasteiger partial charge in [0.2, 0.25) is 0 Å². The first-order valence-corrected chi connectivity index (χ1v) is 9.00. The van der Waals surface area contributed by atoms with Crippen LogP contribution in [0.15, 0.2) is 0 Å². The molecule has 0 aromatic carbocycles. The van der Waals surface area contributed by atoms with Crippen molar-refractivity contribution in [1.29, 1.82) is 0 Å². The summed E-state index contributed by atoms with van der Waals surface area (Å²) in [6.07, 6.45) is 15.0. The zero-order valence-electron chi connectivity index (χ0n) is 13.9. The number of hydrogen-bond acceptors (Lipinski definition) is 0. The van der Waals surface area contributed by atoms with Crippen molar-refractivity contribution in [2.75, 3.05) is 0 Å². The van der Waals surface area contributed by atoms with Gasteiger partial charge in [0.1, 0.15) is 0 Å². The maximum atomic E-state index is 2.59. The van der Waals surface area contributed by atoms with E-state index < -0.39 is 0 Å². The highest BCUT2D eigenvalue weighted by Crippen LogP contribution is 2.49. The van der Waals surface area contributed by atoms with Crippen LogP contribution in [-0.4, -0.2) is 0 Å². The minimum atomic E-state index is 0.614. The van der Waals surface area contributed by atoms with Gasteiger partial charge in [-0.2, -0.15) is 0 Å². The number of hydrogen-bond donors (Lipinski definition) is 0. The van der Waals surface area contributed by atoms with Gasteiger partial charge in [0.25, 0.3) is 0 Å². The average molecular weight is 264 g/mol. The largest absolute Gasteiger partial charge is 0.0628 e. The standard InChI is InChI=1S/C19H36/c1-15(2)14-16-10-12-18(13-11-16)19(3,4)17-8-6-5-7-9-17/h15-18H,5-14H2,1-4H3. The van der Waals surface area contributed by atoms with E-state index in [0.29, 0.717) is 5.41 Å². The number of rotatable bonds is 4. The molecule has 0 bridgehead atoms. The van der Waals surface area contributed by atoms with E-state index in [0.717, 1.165) is 23.7 Å². The molecule has 112 valence electrons. The van der Waals surface area contributed by atoms with E-state index >= 15 is 0 Å². The molecule has 0 saturated heterocycles. The molecule has 2 fully saturated rings. The highest BCUT2D eigenvalue weighted by atomic mass is 14.4. The fourth-order valence-corrected chi connectivity index (χ4v) is 4.99. The SMILES string of the molecule is CC(C)CC1CCC(C(C)(C)C2CCCCC2)CC1. The van der Waals surface area contributed by atoms with Gasteiger partial charge in [-0.05, 0) is 61.2 Å². The maximum absolute atomic E-state index is 2.59. The molecule has 0 aromatic rings. The van der Waals surface area contributed by atoms with E-state index in [1.54, 1.807) is 0 Å². The molecular formula is C19H36. The summed E-state index contributed by atoms with van der Waals surface area (Å²) >= 11 is 0. The van der Waals surface area contributed by atoms with Crippen LogP contribution in [0.2, 0.25) is 0 Å². The van der Waals surface area contributed by atoms with Crippen LogP contribution in [0.3, 0.4) is 0 Å². The Labute approximate surface area is 121 Å². The van der Waals surface area contributed by atoms with Crippen LogP contribution >= 0.6 is 0 Å². The zero-order valence-corrected chi connectivity index (χ0v) is 13.9. The molecule has 0 radical (unpaired) electrons. The summed E-state index contributed by atoms with van der Waals surface area (Å²) < 4.78 is 0. The minimum Gasteiger partial charge on any atom is -0.0628 e. The zero-order chi connectivity index (χ0) is 13.9. The van der Waals surface area contributed by atoms with Gasteiger partial charge in [0.05, 0.1) is 0 Å². The maximum Gasteiger partial charge on any atom is -0.0298 e. The Hall–Kier alpha value is 0. The molecule has 2 saturated carbocycles. The van der Waals surface area contributed by atoms with E-state index in [1.807, 2.05) is 0 Å². The van der Waals surface area contributed by atoms with E-state index in [-0.39, 0.29) is 0 Å². The average Bonchev–Trinajstić information content (AvgIpc) is 2.40. The fourth-order valence-electron chi connectivity index (χ4n) is 4.99. The van der Waals surface area contributed by atoms with Crippen LogP contribution in [0.25, 0.3) is 0 Å². The van der Waals surface area contributed by atoms with Crippen LogP contribution in [0.5, 0.6) is 0 Å². The Morgan fingerprint density at radius 3 is 1.84 bits per heavy atom. The summed E-state index contributed by atoms with van der Waals surface area (Å²) in [5, 5.41) is 0. The van der Waals surface area contributed by atoms with Crippen molar-refractivity contribution in [3.8, 4) is 0 Å². The van der Waals surface area contributed by atoms with Gasteiger partial charge in [0.15, 0.2) is 0 Å². The molecule has 2 aliphatic rings. The Morgan fingerprint density at radius 2 is 1.32 bits per heavy atom. The normalized spacial score (nSPS) is 30.8. The van der Waals surface area contributed by atoms with E-state index in [2.05, 4.69) is 27.7 Å². The highest BCUT2D eigenvalue weighted by Gasteiger charge is 2.39. The second kappa shape index (κ2) is 6.64. The lowest BCUT2D eigenvalue weighted by Crippen LogP contribution is -2.36. The molecule has 0 N–H and O–H groups in total. The monoisotopic (exact) mass is 264 g/mol. The lowest BCUT2D eigenvalue weighted by Gasteiger charge is -2.46. The van der Waals surface area contributed by atoms with Crippen molar-refractivity contribution in [3.63, 3.8) is 0 Å². The molecule has 2 rings (SSSR count). The first-order chi connectivity index (χ1) is 9.00. The topological polar surface area (TPSA) is 0 Å². The lowest BCUT2D eigenvalue weighted by molar-refractivity contribution is 0.0456. The van der Waals surface area contributed by atoms with Crippen LogP contribution in [0.4, 0.5) is 0 Å². The summed E-state index contributed by atoms with van der Waals surface area (Å²) in [6, 6.07) is 0. The minimum absolute atomic E-state index is 0.614. The molecule has 0 atom stereocenters. The van der Waals surface area contributed by atoms with Crippen LogP contribution < -0.4 is 0 Å². The Bertz CT molecular complexity index is 249. The van der Waals surface area contributed by atoms with Crippen molar-refractivity contribution in [1.82, 2.24) is 0 Å². The molecule has 0 heterocycles. The van der Waals surface area contributed by atoms with Crippen molar-refractivity contribution >= 4 is 0 Å².